The molecule has 1 N–H and O–H groups in total. The van der Waals surface area contributed by atoms with Gasteiger partial charge in [0.25, 0.3) is 0 Å². The van der Waals surface area contributed by atoms with Crippen molar-refractivity contribution in [2.75, 3.05) is 13.2 Å². The molecule has 0 radical (unpaired) electrons. The average molecular weight is 326 g/mol. The van der Waals surface area contributed by atoms with Gasteiger partial charge in [0.15, 0.2) is 0 Å². The topological polar surface area (TPSA) is 55.4 Å². The van der Waals surface area contributed by atoms with Gasteiger partial charge in [-0.1, -0.05) is 29.8 Å². The summed E-state index contributed by atoms with van der Waals surface area (Å²) in [5, 5.41) is 0.543. The van der Waals surface area contributed by atoms with E-state index in [1.54, 1.807) is 19.1 Å². The van der Waals surface area contributed by atoms with E-state index in [9.17, 15) is 8.42 Å². The number of halogens is 1. The Morgan fingerprint density at radius 2 is 1.86 bits per heavy atom. The molecule has 0 aliphatic rings. The van der Waals surface area contributed by atoms with Crippen LogP contribution in [0.1, 0.15) is 5.56 Å². The Hall–Kier alpha value is -1.56. The van der Waals surface area contributed by atoms with Gasteiger partial charge >= 0.3 is 0 Å². The molecule has 4 nitrogen and oxygen atoms in total. The van der Waals surface area contributed by atoms with Gasteiger partial charge in [-0.25, -0.2) is 13.1 Å². The van der Waals surface area contributed by atoms with Gasteiger partial charge in [0.05, 0.1) is 4.90 Å². The van der Waals surface area contributed by atoms with Gasteiger partial charge in [-0.15, -0.1) is 0 Å². The molecule has 112 valence electrons. The summed E-state index contributed by atoms with van der Waals surface area (Å²) in [6.45, 7) is 2.22. The molecule has 21 heavy (non-hydrogen) atoms. The Morgan fingerprint density at radius 1 is 1.14 bits per heavy atom. The Kier molecular flexibility index (Phi) is 5.22. The molecule has 2 rings (SSSR count). The normalized spacial score (nSPS) is 11.3. The van der Waals surface area contributed by atoms with Crippen molar-refractivity contribution in [2.24, 2.45) is 0 Å². The van der Waals surface area contributed by atoms with E-state index in [1.807, 2.05) is 30.3 Å². The molecule has 6 heteroatoms. The van der Waals surface area contributed by atoms with Gasteiger partial charge in [0.2, 0.25) is 10.0 Å². The Morgan fingerprint density at radius 3 is 2.52 bits per heavy atom. The number of para-hydroxylation sites is 1. The largest absolute Gasteiger partial charge is 0.492 e. The minimum absolute atomic E-state index is 0.193. The fraction of sp³-hybridized carbons (Fsp3) is 0.200. The van der Waals surface area contributed by atoms with Crippen LogP contribution < -0.4 is 9.46 Å². The van der Waals surface area contributed by atoms with Crippen LogP contribution in [0.4, 0.5) is 0 Å². The summed E-state index contributed by atoms with van der Waals surface area (Å²) in [5.41, 5.74) is 0.722. The van der Waals surface area contributed by atoms with E-state index in [-0.39, 0.29) is 18.0 Å². The zero-order valence-electron chi connectivity index (χ0n) is 11.5. The highest BCUT2D eigenvalue weighted by Crippen LogP contribution is 2.19. The Bertz CT molecular complexity index is 702. The maximum absolute atomic E-state index is 12.1. The van der Waals surface area contributed by atoms with Crippen molar-refractivity contribution in [2.45, 2.75) is 11.8 Å². The summed E-state index contributed by atoms with van der Waals surface area (Å²) in [4.78, 5) is 0.198. The summed E-state index contributed by atoms with van der Waals surface area (Å²) in [7, 11) is -3.54. The molecular weight excluding hydrogens is 310 g/mol. The molecule has 2 aromatic carbocycles. The third kappa shape index (κ3) is 4.46. The van der Waals surface area contributed by atoms with Crippen LogP contribution >= 0.6 is 11.6 Å². The van der Waals surface area contributed by atoms with Gasteiger partial charge in [0.1, 0.15) is 12.4 Å². The van der Waals surface area contributed by atoms with Crippen molar-refractivity contribution in [3.8, 4) is 5.75 Å². The van der Waals surface area contributed by atoms with E-state index < -0.39 is 10.0 Å². The number of nitrogens with one attached hydrogen (secondary N) is 1. The van der Waals surface area contributed by atoms with E-state index >= 15 is 0 Å². The Balaban J connectivity index is 1.91. The second-order valence-corrected chi connectivity index (χ2v) is 6.64. The Labute approximate surface area is 129 Å². The molecular formula is C15H16ClNO3S. The third-order valence-corrected chi connectivity index (χ3v) is 4.73. The lowest BCUT2D eigenvalue weighted by Crippen LogP contribution is -2.28. The van der Waals surface area contributed by atoms with E-state index in [4.69, 9.17) is 16.3 Å². The molecule has 0 unspecified atom stereocenters. The molecule has 2 aromatic rings. The summed E-state index contributed by atoms with van der Waals surface area (Å²) in [5.74, 6) is 0.707. The molecule has 0 aliphatic carbocycles. The number of ether oxygens (including phenoxy) is 1. The highest BCUT2D eigenvalue weighted by molar-refractivity contribution is 7.89. The average Bonchev–Trinajstić information content (AvgIpc) is 2.47. The standard InChI is InChI=1S/C15H16ClNO3S/c1-12-11-14(7-8-15(12)16)21(18,19)17-9-10-20-13-5-3-2-4-6-13/h2-8,11,17H,9-10H2,1H3. The van der Waals surface area contributed by atoms with Gasteiger partial charge in [0, 0.05) is 11.6 Å². The molecule has 0 heterocycles. The van der Waals surface area contributed by atoms with Crippen LogP contribution in [0.5, 0.6) is 5.75 Å². The minimum atomic E-state index is -3.54. The first kappa shape index (κ1) is 15.8. The quantitative estimate of drug-likeness (QED) is 0.831. The molecule has 0 atom stereocenters. The number of benzene rings is 2. The lowest BCUT2D eigenvalue weighted by molar-refractivity contribution is 0.323. The second kappa shape index (κ2) is 6.93. The molecule has 0 fully saturated rings. The van der Waals surface area contributed by atoms with E-state index in [2.05, 4.69) is 4.72 Å². The fourth-order valence-corrected chi connectivity index (χ4v) is 2.94. The van der Waals surface area contributed by atoms with E-state index in [0.29, 0.717) is 10.8 Å². The van der Waals surface area contributed by atoms with Gasteiger partial charge in [-0.05, 0) is 42.8 Å². The summed E-state index contributed by atoms with van der Waals surface area (Å²) in [6.07, 6.45) is 0. The van der Waals surface area contributed by atoms with Gasteiger partial charge < -0.3 is 4.74 Å². The number of aryl methyl sites for hydroxylation is 1. The van der Waals surface area contributed by atoms with Crippen LogP contribution in [0.2, 0.25) is 5.02 Å². The highest BCUT2D eigenvalue weighted by atomic mass is 35.5. The first-order valence-electron chi connectivity index (χ1n) is 6.43. The number of sulfonamides is 1. The predicted molar refractivity (Wildman–Crippen MR) is 83.3 cm³/mol. The van der Waals surface area contributed by atoms with Crippen LogP contribution in [-0.2, 0) is 10.0 Å². The predicted octanol–water partition coefficient (Wildman–Crippen LogP) is 3.01. The number of hydrogen-bond acceptors (Lipinski definition) is 3. The third-order valence-electron chi connectivity index (χ3n) is 2.85. The molecule has 0 saturated carbocycles. The highest BCUT2D eigenvalue weighted by Gasteiger charge is 2.14. The van der Waals surface area contributed by atoms with Crippen molar-refractivity contribution in [3.63, 3.8) is 0 Å². The van der Waals surface area contributed by atoms with E-state index in [0.717, 1.165) is 5.56 Å². The van der Waals surface area contributed by atoms with Crippen molar-refractivity contribution in [1.29, 1.82) is 0 Å². The van der Waals surface area contributed by atoms with Crippen molar-refractivity contribution in [3.05, 3.63) is 59.1 Å². The van der Waals surface area contributed by atoms with Crippen molar-refractivity contribution >= 4 is 21.6 Å². The van der Waals surface area contributed by atoms with Crippen LogP contribution in [0.15, 0.2) is 53.4 Å². The maximum Gasteiger partial charge on any atom is 0.240 e. The molecule has 0 aliphatic heterocycles. The molecule has 0 aromatic heterocycles. The lowest BCUT2D eigenvalue weighted by Gasteiger charge is -2.09. The lowest BCUT2D eigenvalue weighted by atomic mass is 10.2. The van der Waals surface area contributed by atoms with Crippen LogP contribution in [0, 0.1) is 6.92 Å². The van der Waals surface area contributed by atoms with Crippen LogP contribution in [-0.4, -0.2) is 21.6 Å². The second-order valence-electron chi connectivity index (χ2n) is 4.47. The molecule has 0 saturated heterocycles. The SMILES string of the molecule is Cc1cc(S(=O)(=O)NCCOc2ccccc2)ccc1Cl. The summed E-state index contributed by atoms with van der Waals surface area (Å²) < 4.78 is 32.1. The maximum atomic E-state index is 12.1. The van der Waals surface area contributed by atoms with Gasteiger partial charge in [-0.2, -0.15) is 0 Å². The van der Waals surface area contributed by atoms with Crippen molar-refractivity contribution in [1.82, 2.24) is 4.72 Å². The summed E-state index contributed by atoms with van der Waals surface area (Å²) >= 11 is 5.89. The minimum Gasteiger partial charge on any atom is -0.492 e. The molecule has 0 spiro atoms. The van der Waals surface area contributed by atoms with Crippen LogP contribution in [0.3, 0.4) is 0 Å². The first-order chi connectivity index (χ1) is 9.99. The van der Waals surface area contributed by atoms with Crippen LogP contribution in [0.25, 0.3) is 0 Å². The van der Waals surface area contributed by atoms with E-state index in [1.165, 1.54) is 6.07 Å². The smallest absolute Gasteiger partial charge is 0.240 e. The zero-order valence-corrected chi connectivity index (χ0v) is 13.1. The number of hydrogen-bond donors (Lipinski definition) is 1. The fourth-order valence-electron chi connectivity index (χ4n) is 1.73. The first-order valence-corrected chi connectivity index (χ1v) is 8.29. The number of rotatable bonds is 6. The van der Waals surface area contributed by atoms with Crippen molar-refractivity contribution < 1.29 is 13.2 Å². The zero-order chi connectivity index (χ0) is 15.3. The molecule has 0 amide bonds. The van der Waals surface area contributed by atoms with Gasteiger partial charge in [-0.3, -0.25) is 0 Å². The molecule has 0 bridgehead atoms. The monoisotopic (exact) mass is 325 g/mol. The summed E-state index contributed by atoms with van der Waals surface area (Å²) in [6, 6.07) is 13.8.